The second-order valence-corrected chi connectivity index (χ2v) is 7.05. The molecule has 0 aliphatic rings. The molecular weight excluding hydrogens is 407 g/mol. The highest BCUT2D eigenvalue weighted by atomic mass is 19.1. The largest absolute Gasteiger partial charge is 0.404 e. The predicted molar refractivity (Wildman–Crippen MR) is 124 cm³/mol. The summed E-state index contributed by atoms with van der Waals surface area (Å²) in [6.07, 6.45) is 1.37. The average molecular weight is 426 g/mol. The molecule has 0 amide bonds. The molecule has 0 spiro atoms. The van der Waals surface area contributed by atoms with Crippen molar-refractivity contribution in [3.05, 3.63) is 93.3 Å². The average Bonchev–Trinajstić information content (AvgIpc) is 2.82. The molecule has 0 aliphatic heterocycles. The molecule has 1 aromatic heterocycles. The van der Waals surface area contributed by atoms with Gasteiger partial charge in [-0.05, 0) is 29.1 Å². The number of fused-ring (bicyclic) bond motifs is 2. The normalized spacial score (nSPS) is 12.3. The lowest BCUT2D eigenvalue weighted by Gasteiger charge is -2.15. The fourth-order valence-corrected chi connectivity index (χ4v) is 3.89. The summed E-state index contributed by atoms with van der Waals surface area (Å²) in [5.74, 6) is -0.488. The van der Waals surface area contributed by atoms with Crippen LogP contribution in [-0.4, -0.2) is 23.0 Å². The number of nitriles is 1. The lowest BCUT2D eigenvalue weighted by Crippen LogP contribution is -2.14. The highest BCUT2D eigenvalue weighted by Gasteiger charge is 2.20. The van der Waals surface area contributed by atoms with Crippen LogP contribution in [0.15, 0.2) is 64.5 Å². The van der Waals surface area contributed by atoms with E-state index in [2.05, 4.69) is 21.3 Å². The Morgan fingerprint density at radius 2 is 2.06 bits per heavy atom. The molecule has 0 aliphatic carbocycles. The van der Waals surface area contributed by atoms with Crippen LogP contribution in [0.4, 0.5) is 4.39 Å². The molecule has 0 fully saturated rings. The first-order valence-electron chi connectivity index (χ1n) is 9.76. The van der Waals surface area contributed by atoms with Crippen LogP contribution in [0.2, 0.25) is 0 Å². The Balaban J connectivity index is 1.95. The van der Waals surface area contributed by atoms with E-state index in [1.165, 1.54) is 12.3 Å². The molecule has 0 bridgehead atoms. The number of nitrogens with zero attached hydrogens (tertiary/aromatic N) is 3. The van der Waals surface area contributed by atoms with Crippen LogP contribution in [0, 0.1) is 17.1 Å². The van der Waals surface area contributed by atoms with Gasteiger partial charge in [0, 0.05) is 41.7 Å². The molecular formula is C24H19FN6O. The van der Waals surface area contributed by atoms with Gasteiger partial charge in [-0.2, -0.15) is 10.4 Å². The molecule has 0 radical (unpaired) electrons. The molecule has 0 saturated heterocycles. The Morgan fingerprint density at radius 3 is 2.75 bits per heavy atom. The Labute approximate surface area is 182 Å². The van der Waals surface area contributed by atoms with E-state index in [1.54, 1.807) is 49.5 Å². The topological polar surface area (TPSA) is 134 Å². The van der Waals surface area contributed by atoms with E-state index >= 15 is 0 Å². The number of halogens is 1. The number of hydrogen-bond donors (Lipinski definition) is 3. The lowest BCUT2D eigenvalue weighted by atomic mass is 9.90. The minimum absolute atomic E-state index is 0.135. The van der Waals surface area contributed by atoms with Crippen molar-refractivity contribution in [1.29, 1.82) is 5.26 Å². The van der Waals surface area contributed by atoms with Gasteiger partial charge in [0.15, 0.2) is 0 Å². The first kappa shape index (κ1) is 20.9. The molecule has 1 heterocycles. The second-order valence-electron chi connectivity index (χ2n) is 7.05. The first-order chi connectivity index (χ1) is 15.5. The quantitative estimate of drug-likeness (QED) is 0.431. The molecule has 0 unspecified atom stereocenters. The molecule has 8 heteroatoms. The fraction of sp³-hybridized carbons (Fsp3) is 0.0833. The molecule has 0 saturated carbocycles. The number of nitrogens with one attached hydrogen (secondary N) is 1. The summed E-state index contributed by atoms with van der Waals surface area (Å²) in [5, 5.41) is 18.2. The third kappa shape index (κ3) is 3.31. The second kappa shape index (κ2) is 8.41. The number of aromatic nitrogens is 2. The number of nitrogens with two attached hydrogens (primary N) is 2. The SMILES string of the molecule is CN=C(/C(=C\N)c1ccc2c(=O)[nH]nc(CN)c2c1)c1ccc2cccc(F)c2c1C#N. The van der Waals surface area contributed by atoms with E-state index in [0.717, 1.165) is 0 Å². The minimum atomic E-state index is -0.488. The predicted octanol–water partition coefficient (Wildman–Crippen LogP) is 2.96. The molecule has 32 heavy (non-hydrogen) atoms. The standard InChI is InChI=1S/C24H19FN6O/c1-29-23(15-7-5-13-3-2-4-20(25)22(13)19(15)11-27)18(10-26)14-6-8-16-17(9-14)21(12-28)30-31-24(16)32/h2-10H,12,26,28H2,1H3,(H,31,32)/b18-10-,29-23?. The van der Waals surface area contributed by atoms with Crippen molar-refractivity contribution >= 4 is 32.8 Å². The van der Waals surface area contributed by atoms with Crippen LogP contribution in [-0.2, 0) is 6.54 Å². The lowest BCUT2D eigenvalue weighted by molar-refractivity contribution is 0.639. The Kier molecular flexibility index (Phi) is 5.50. The number of rotatable bonds is 4. The highest BCUT2D eigenvalue weighted by molar-refractivity contribution is 6.33. The van der Waals surface area contributed by atoms with Crippen molar-refractivity contribution in [1.82, 2.24) is 10.2 Å². The van der Waals surface area contributed by atoms with E-state index < -0.39 is 5.82 Å². The number of allylic oxidation sites excluding steroid dienone is 1. The van der Waals surface area contributed by atoms with Crippen LogP contribution >= 0.6 is 0 Å². The molecule has 3 aromatic carbocycles. The summed E-state index contributed by atoms with van der Waals surface area (Å²) in [4.78, 5) is 16.5. The van der Waals surface area contributed by atoms with Gasteiger partial charge in [0.2, 0.25) is 0 Å². The van der Waals surface area contributed by atoms with Gasteiger partial charge in [0.1, 0.15) is 11.9 Å². The van der Waals surface area contributed by atoms with Gasteiger partial charge in [-0.25, -0.2) is 9.49 Å². The molecule has 5 N–H and O–H groups in total. The fourth-order valence-electron chi connectivity index (χ4n) is 3.89. The van der Waals surface area contributed by atoms with E-state index in [4.69, 9.17) is 11.5 Å². The van der Waals surface area contributed by atoms with Gasteiger partial charge < -0.3 is 11.5 Å². The molecule has 4 rings (SSSR count). The van der Waals surface area contributed by atoms with Crippen LogP contribution in [0.3, 0.4) is 0 Å². The highest BCUT2D eigenvalue weighted by Crippen LogP contribution is 2.30. The smallest absolute Gasteiger partial charge is 0.272 e. The summed E-state index contributed by atoms with van der Waals surface area (Å²) in [6.45, 7) is 0.135. The number of hydrogen-bond acceptors (Lipinski definition) is 6. The van der Waals surface area contributed by atoms with Crippen LogP contribution in [0.1, 0.15) is 22.4 Å². The van der Waals surface area contributed by atoms with Crippen LogP contribution < -0.4 is 17.0 Å². The van der Waals surface area contributed by atoms with Crippen molar-refractivity contribution < 1.29 is 4.39 Å². The number of aromatic amines is 1. The zero-order chi connectivity index (χ0) is 22.8. The summed E-state index contributed by atoms with van der Waals surface area (Å²) >= 11 is 0. The summed E-state index contributed by atoms with van der Waals surface area (Å²) in [7, 11) is 1.57. The number of aliphatic imine (C=N–C) groups is 1. The third-order valence-corrected chi connectivity index (χ3v) is 5.38. The van der Waals surface area contributed by atoms with E-state index in [0.29, 0.717) is 44.3 Å². The van der Waals surface area contributed by atoms with Gasteiger partial charge in [-0.1, -0.05) is 30.3 Å². The third-order valence-electron chi connectivity index (χ3n) is 5.38. The number of H-pyrrole nitrogens is 1. The Bertz CT molecular complexity index is 1530. The maximum absolute atomic E-state index is 14.6. The zero-order valence-electron chi connectivity index (χ0n) is 17.2. The van der Waals surface area contributed by atoms with Gasteiger partial charge in [0.05, 0.1) is 22.4 Å². The molecule has 4 aromatic rings. The van der Waals surface area contributed by atoms with Gasteiger partial charge in [-0.15, -0.1) is 0 Å². The van der Waals surface area contributed by atoms with Gasteiger partial charge in [0.25, 0.3) is 5.56 Å². The van der Waals surface area contributed by atoms with Crippen molar-refractivity contribution in [3.63, 3.8) is 0 Å². The minimum Gasteiger partial charge on any atom is -0.404 e. The van der Waals surface area contributed by atoms with Crippen LogP contribution in [0.25, 0.3) is 27.1 Å². The van der Waals surface area contributed by atoms with Gasteiger partial charge in [-0.3, -0.25) is 9.79 Å². The van der Waals surface area contributed by atoms with Gasteiger partial charge >= 0.3 is 0 Å². The van der Waals surface area contributed by atoms with E-state index in [1.807, 2.05) is 0 Å². The molecule has 158 valence electrons. The Hall–Kier alpha value is -4.35. The maximum atomic E-state index is 14.6. The van der Waals surface area contributed by atoms with Crippen molar-refractivity contribution in [2.45, 2.75) is 6.54 Å². The molecule has 0 atom stereocenters. The van der Waals surface area contributed by atoms with E-state index in [-0.39, 0.29) is 23.1 Å². The zero-order valence-corrected chi connectivity index (χ0v) is 17.2. The summed E-state index contributed by atoms with van der Waals surface area (Å²) in [5.41, 5.74) is 14.2. The van der Waals surface area contributed by atoms with Crippen molar-refractivity contribution in [2.75, 3.05) is 7.05 Å². The summed E-state index contributed by atoms with van der Waals surface area (Å²) in [6, 6.07) is 15.4. The first-order valence-corrected chi connectivity index (χ1v) is 9.76. The number of benzene rings is 3. The summed E-state index contributed by atoms with van der Waals surface area (Å²) < 4.78 is 14.6. The Morgan fingerprint density at radius 1 is 1.25 bits per heavy atom. The van der Waals surface area contributed by atoms with E-state index in [9.17, 15) is 14.4 Å². The van der Waals surface area contributed by atoms with Crippen LogP contribution in [0.5, 0.6) is 0 Å². The van der Waals surface area contributed by atoms with Crippen molar-refractivity contribution in [2.24, 2.45) is 16.5 Å². The molecule has 7 nitrogen and oxygen atoms in total. The van der Waals surface area contributed by atoms with Crippen molar-refractivity contribution in [3.8, 4) is 6.07 Å². The monoisotopic (exact) mass is 426 g/mol. The maximum Gasteiger partial charge on any atom is 0.272 e.